The Morgan fingerprint density at radius 3 is 2.42 bits per heavy atom. The highest BCUT2D eigenvalue weighted by Crippen LogP contribution is 2.36. The average Bonchev–Trinajstić information content (AvgIpc) is 2.90. The largest absolute Gasteiger partial charge is 0.467 e. The molecule has 12 heteroatoms. The van der Waals surface area contributed by atoms with Gasteiger partial charge in [0, 0.05) is 20.0 Å². The van der Waals surface area contributed by atoms with Crippen LogP contribution in [0.15, 0.2) is 30.3 Å². The number of rotatable bonds is 14. The van der Waals surface area contributed by atoms with Crippen LogP contribution in [0, 0.1) is 5.92 Å². The monoisotopic (exact) mass is 574 g/mol. The molecule has 0 heterocycles. The van der Waals surface area contributed by atoms with Crippen molar-refractivity contribution in [3.8, 4) is 0 Å². The van der Waals surface area contributed by atoms with E-state index < -0.39 is 65.3 Å². The first-order valence-corrected chi connectivity index (χ1v) is 13.3. The fourth-order valence-corrected chi connectivity index (χ4v) is 5.12. The summed E-state index contributed by atoms with van der Waals surface area (Å²) in [5.41, 5.74) is 0.813. The van der Waals surface area contributed by atoms with E-state index in [-0.39, 0.29) is 12.8 Å². The number of alkyl halides is 2. The van der Waals surface area contributed by atoms with Crippen molar-refractivity contribution in [1.29, 1.82) is 0 Å². The van der Waals surface area contributed by atoms with E-state index in [4.69, 9.17) is 42.1 Å². The number of amides is 1. The zero-order valence-corrected chi connectivity index (χ0v) is 23.3. The van der Waals surface area contributed by atoms with Crippen molar-refractivity contribution in [2.24, 2.45) is 5.92 Å². The molecule has 0 aromatic heterocycles. The number of hydrogen-bond acceptors (Lipinski definition) is 9. The molecule has 38 heavy (non-hydrogen) atoms. The molecule has 0 spiro atoms. The van der Waals surface area contributed by atoms with Crippen molar-refractivity contribution in [1.82, 2.24) is 10.6 Å². The predicted molar refractivity (Wildman–Crippen MR) is 141 cm³/mol. The normalized spacial score (nSPS) is 23.7. The minimum Gasteiger partial charge on any atom is -0.467 e. The fourth-order valence-electron chi connectivity index (χ4n) is 4.15. The van der Waals surface area contributed by atoms with E-state index >= 15 is 0 Å². The lowest BCUT2D eigenvalue weighted by Crippen LogP contribution is -2.58. The molecule has 0 saturated heterocycles. The van der Waals surface area contributed by atoms with E-state index in [1.54, 1.807) is 0 Å². The molecule has 1 saturated carbocycles. The summed E-state index contributed by atoms with van der Waals surface area (Å²) in [5.74, 6) is -3.73. The predicted octanol–water partition coefficient (Wildman–Crippen LogP) is 1.98. The third-order valence-electron chi connectivity index (χ3n) is 6.07. The number of methoxy groups -OCH3 is 1. The number of benzene rings is 1. The summed E-state index contributed by atoms with van der Waals surface area (Å²) in [4.78, 5) is 49.5. The van der Waals surface area contributed by atoms with Gasteiger partial charge in [0.05, 0.1) is 29.9 Å². The molecule has 2 N–H and O–H groups in total. The molecule has 1 aromatic carbocycles. The van der Waals surface area contributed by atoms with Gasteiger partial charge in [0.2, 0.25) is 5.91 Å². The summed E-state index contributed by atoms with van der Waals surface area (Å²) < 4.78 is 21.1. The molecular weight excluding hydrogens is 539 g/mol. The number of hydrogen-bond donors (Lipinski definition) is 2. The Kier molecular flexibility index (Phi) is 13.8. The van der Waals surface area contributed by atoms with Gasteiger partial charge in [0.25, 0.3) is 0 Å². The maximum atomic E-state index is 13.4. The van der Waals surface area contributed by atoms with Gasteiger partial charge in [-0.3, -0.25) is 9.59 Å². The molecule has 2 rings (SSSR count). The SMILES string of the molecule is CNCCCCOC1C(Cl)CC(C(=O)N[C@@H](Cc2ccccc2)C(=O)OC)C(OC(=O)COC(C)=O)C1Cl. The number of esters is 3. The standard InChI is InChI=1S/C26H36Cl2N2O8/c1-16(31)37-15-21(32)38-23-18(14-19(27)24(22(23)28)36-12-8-7-11-29-2)25(33)30-20(26(34)35-3)13-17-9-5-4-6-10-17/h4-6,9-10,18-20,22-24,29H,7-8,11-15H2,1-3H3,(H,30,33)/t18?,19?,20-,22?,23?,24?/m0/s1. The van der Waals surface area contributed by atoms with Crippen LogP contribution < -0.4 is 10.6 Å². The second kappa shape index (κ2) is 16.5. The van der Waals surface area contributed by atoms with Crippen LogP contribution >= 0.6 is 23.2 Å². The fraction of sp³-hybridized carbons (Fsp3) is 0.615. The lowest BCUT2D eigenvalue weighted by atomic mass is 9.82. The minimum atomic E-state index is -1.15. The van der Waals surface area contributed by atoms with Gasteiger partial charge in [-0.1, -0.05) is 30.3 Å². The third kappa shape index (κ3) is 10.1. The summed E-state index contributed by atoms with van der Waals surface area (Å²) in [5, 5.41) is 4.13. The second-order valence-corrected chi connectivity index (χ2v) is 10.0. The maximum Gasteiger partial charge on any atom is 0.344 e. The molecular formula is C26H36Cl2N2O8. The molecule has 1 aliphatic carbocycles. The van der Waals surface area contributed by atoms with E-state index in [0.29, 0.717) is 6.61 Å². The van der Waals surface area contributed by atoms with Gasteiger partial charge in [-0.25, -0.2) is 9.59 Å². The van der Waals surface area contributed by atoms with Crippen molar-refractivity contribution in [3.05, 3.63) is 35.9 Å². The number of carbonyl (C=O) groups excluding carboxylic acids is 4. The van der Waals surface area contributed by atoms with E-state index in [0.717, 1.165) is 31.9 Å². The molecule has 1 amide bonds. The lowest BCUT2D eigenvalue weighted by molar-refractivity contribution is -0.168. The molecule has 0 aliphatic heterocycles. The highest BCUT2D eigenvalue weighted by Gasteiger charge is 2.49. The molecule has 0 bridgehead atoms. The Hall–Kier alpha value is -2.40. The van der Waals surface area contributed by atoms with Crippen molar-refractivity contribution in [2.75, 3.05) is 33.9 Å². The van der Waals surface area contributed by atoms with Gasteiger partial charge < -0.3 is 29.6 Å². The third-order valence-corrected chi connectivity index (χ3v) is 7.00. The first-order valence-electron chi connectivity index (χ1n) is 12.5. The van der Waals surface area contributed by atoms with Gasteiger partial charge in [-0.05, 0) is 38.4 Å². The molecule has 5 unspecified atom stereocenters. The van der Waals surface area contributed by atoms with Crippen molar-refractivity contribution in [3.63, 3.8) is 0 Å². The Bertz CT molecular complexity index is 920. The number of unbranched alkanes of at least 4 members (excludes halogenated alkanes) is 1. The van der Waals surface area contributed by atoms with Crippen LogP contribution in [0.3, 0.4) is 0 Å². The number of halogens is 2. The summed E-state index contributed by atoms with van der Waals surface area (Å²) in [6, 6.07) is 8.14. The van der Waals surface area contributed by atoms with Crippen LogP contribution in [0.5, 0.6) is 0 Å². The number of nitrogens with one attached hydrogen (secondary N) is 2. The maximum absolute atomic E-state index is 13.4. The zero-order chi connectivity index (χ0) is 28.1. The Balaban J connectivity index is 2.19. The lowest BCUT2D eigenvalue weighted by Gasteiger charge is -2.41. The first kappa shape index (κ1) is 31.8. The molecule has 0 radical (unpaired) electrons. The highest BCUT2D eigenvalue weighted by molar-refractivity contribution is 6.25. The van der Waals surface area contributed by atoms with E-state index in [9.17, 15) is 19.2 Å². The van der Waals surface area contributed by atoms with Gasteiger partial charge in [-0.15, -0.1) is 23.2 Å². The Morgan fingerprint density at radius 1 is 1.08 bits per heavy atom. The summed E-state index contributed by atoms with van der Waals surface area (Å²) in [7, 11) is 3.09. The molecule has 1 aromatic rings. The van der Waals surface area contributed by atoms with Crippen LogP contribution in [0.4, 0.5) is 0 Å². The van der Waals surface area contributed by atoms with Crippen LogP contribution in [-0.4, -0.2) is 86.7 Å². The number of carbonyl (C=O) groups is 4. The van der Waals surface area contributed by atoms with Crippen LogP contribution in [0.1, 0.15) is 31.7 Å². The Morgan fingerprint density at radius 2 is 1.79 bits per heavy atom. The number of ether oxygens (including phenoxy) is 4. The molecule has 1 aliphatic rings. The van der Waals surface area contributed by atoms with E-state index in [1.165, 1.54) is 7.11 Å². The van der Waals surface area contributed by atoms with Crippen molar-refractivity contribution in [2.45, 2.75) is 61.6 Å². The van der Waals surface area contributed by atoms with Crippen molar-refractivity contribution >= 4 is 47.0 Å². The molecule has 212 valence electrons. The zero-order valence-electron chi connectivity index (χ0n) is 21.8. The smallest absolute Gasteiger partial charge is 0.344 e. The van der Waals surface area contributed by atoms with E-state index in [1.807, 2.05) is 37.4 Å². The van der Waals surface area contributed by atoms with Crippen LogP contribution in [0.2, 0.25) is 0 Å². The molecule has 1 fully saturated rings. The molecule has 6 atom stereocenters. The van der Waals surface area contributed by atoms with Gasteiger partial charge in [-0.2, -0.15) is 0 Å². The quantitative estimate of drug-likeness (QED) is 0.148. The molecule has 10 nitrogen and oxygen atoms in total. The van der Waals surface area contributed by atoms with E-state index in [2.05, 4.69) is 10.6 Å². The second-order valence-electron chi connectivity index (χ2n) is 8.96. The van der Waals surface area contributed by atoms with Crippen molar-refractivity contribution < 1.29 is 38.1 Å². The van der Waals surface area contributed by atoms with Gasteiger partial charge in [0.1, 0.15) is 12.1 Å². The van der Waals surface area contributed by atoms with Crippen LogP contribution in [0.25, 0.3) is 0 Å². The van der Waals surface area contributed by atoms with Gasteiger partial charge >= 0.3 is 17.9 Å². The van der Waals surface area contributed by atoms with Gasteiger partial charge in [0.15, 0.2) is 6.61 Å². The Labute approximate surface area is 233 Å². The summed E-state index contributed by atoms with van der Waals surface area (Å²) >= 11 is 13.3. The first-order chi connectivity index (χ1) is 18.2. The van der Waals surface area contributed by atoms with Crippen LogP contribution in [-0.2, 0) is 44.5 Å². The average molecular weight is 575 g/mol. The summed E-state index contributed by atoms with van der Waals surface area (Å²) in [6.45, 7) is 1.73. The topological polar surface area (TPSA) is 129 Å². The highest BCUT2D eigenvalue weighted by atomic mass is 35.5. The minimum absolute atomic E-state index is 0.0720. The summed E-state index contributed by atoms with van der Waals surface area (Å²) in [6.07, 6.45) is 0.0475.